The number of nitrogen functional groups attached to an aromatic ring is 1. The number of halogens is 2. The Bertz CT molecular complexity index is 675. The first-order valence-corrected chi connectivity index (χ1v) is 6.96. The monoisotopic (exact) mass is 324 g/mol. The second-order valence-electron chi connectivity index (χ2n) is 4.41. The van der Waals surface area contributed by atoms with Gasteiger partial charge in [0, 0.05) is 11.4 Å². The molecule has 0 spiro atoms. The summed E-state index contributed by atoms with van der Waals surface area (Å²) in [6.07, 6.45) is 0. The third kappa shape index (κ3) is 3.80. The van der Waals surface area contributed by atoms with Crippen molar-refractivity contribution in [3.05, 3.63) is 52.0 Å². The van der Waals surface area contributed by atoms with Crippen molar-refractivity contribution in [3.63, 3.8) is 0 Å². The zero-order valence-electron chi connectivity index (χ0n) is 11.3. The normalized spacial score (nSPS) is 10.2. The van der Waals surface area contributed by atoms with Gasteiger partial charge in [0.05, 0.1) is 5.02 Å². The van der Waals surface area contributed by atoms with Crippen molar-refractivity contribution in [1.29, 1.82) is 0 Å². The third-order valence-corrected chi connectivity index (χ3v) is 3.73. The molecule has 0 aliphatic heterocycles. The molecule has 21 heavy (non-hydrogen) atoms. The fraction of sp³-hybridized carbons (Fsp3) is 0.133. The average Bonchev–Trinajstić information content (AvgIpc) is 2.45. The summed E-state index contributed by atoms with van der Waals surface area (Å²) in [5.74, 6) is 0.0587. The molecule has 0 atom stereocenters. The van der Waals surface area contributed by atoms with Crippen LogP contribution in [0.1, 0.15) is 5.56 Å². The third-order valence-electron chi connectivity index (χ3n) is 2.92. The SMILES string of the molecule is Cc1c(N)cccc1NC(=O)COc1cccc(Cl)c1Cl. The topological polar surface area (TPSA) is 64.3 Å². The molecule has 0 heterocycles. The Morgan fingerprint density at radius 1 is 1.24 bits per heavy atom. The van der Waals surface area contributed by atoms with Crippen molar-refractivity contribution in [2.75, 3.05) is 17.7 Å². The molecule has 0 saturated carbocycles. The van der Waals surface area contributed by atoms with E-state index in [9.17, 15) is 4.79 Å². The highest BCUT2D eigenvalue weighted by Crippen LogP contribution is 2.31. The molecule has 0 aliphatic carbocycles. The van der Waals surface area contributed by atoms with Gasteiger partial charge < -0.3 is 15.8 Å². The fourth-order valence-corrected chi connectivity index (χ4v) is 2.06. The van der Waals surface area contributed by atoms with E-state index in [1.165, 1.54) is 0 Å². The number of nitrogens with one attached hydrogen (secondary N) is 1. The van der Waals surface area contributed by atoms with Crippen LogP contribution in [0.2, 0.25) is 10.0 Å². The molecule has 0 unspecified atom stereocenters. The summed E-state index contributed by atoms with van der Waals surface area (Å²) in [6, 6.07) is 10.3. The molecule has 1 amide bonds. The molecule has 4 nitrogen and oxygen atoms in total. The van der Waals surface area contributed by atoms with Crippen molar-refractivity contribution in [1.82, 2.24) is 0 Å². The van der Waals surface area contributed by atoms with Crippen LogP contribution in [0.4, 0.5) is 11.4 Å². The van der Waals surface area contributed by atoms with E-state index in [1.807, 2.05) is 6.92 Å². The number of hydrogen-bond acceptors (Lipinski definition) is 3. The molecule has 0 radical (unpaired) electrons. The molecule has 0 aromatic heterocycles. The van der Waals surface area contributed by atoms with Gasteiger partial charge in [-0.05, 0) is 36.8 Å². The summed E-state index contributed by atoms with van der Waals surface area (Å²) < 4.78 is 5.36. The maximum atomic E-state index is 11.9. The van der Waals surface area contributed by atoms with Gasteiger partial charge in [-0.3, -0.25) is 4.79 Å². The molecule has 3 N–H and O–H groups in total. The van der Waals surface area contributed by atoms with Gasteiger partial charge >= 0.3 is 0 Å². The Hall–Kier alpha value is -1.91. The molecule has 0 bridgehead atoms. The van der Waals surface area contributed by atoms with Crippen LogP contribution < -0.4 is 15.8 Å². The standard InChI is InChI=1S/C15H14Cl2N2O2/c1-9-11(18)5-3-6-12(9)19-14(20)8-21-13-7-2-4-10(16)15(13)17/h2-7H,8,18H2,1H3,(H,19,20). The first kappa shape index (κ1) is 15.5. The van der Waals surface area contributed by atoms with E-state index in [0.29, 0.717) is 22.1 Å². The van der Waals surface area contributed by atoms with Crippen LogP contribution in [0, 0.1) is 6.92 Å². The second kappa shape index (κ2) is 6.70. The summed E-state index contributed by atoms with van der Waals surface area (Å²) >= 11 is 11.8. The van der Waals surface area contributed by atoms with E-state index in [2.05, 4.69) is 5.32 Å². The van der Waals surface area contributed by atoms with Crippen LogP contribution in [0.25, 0.3) is 0 Å². The van der Waals surface area contributed by atoms with Crippen LogP contribution in [-0.2, 0) is 4.79 Å². The lowest BCUT2D eigenvalue weighted by Crippen LogP contribution is -2.21. The Kier molecular flexibility index (Phi) is 4.94. The summed E-state index contributed by atoms with van der Waals surface area (Å²) in [6.45, 7) is 1.66. The van der Waals surface area contributed by atoms with E-state index >= 15 is 0 Å². The quantitative estimate of drug-likeness (QED) is 0.838. The largest absolute Gasteiger partial charge is 0.482 e. The minimum Gasteiger partial charge on any atom is -0.482 e. The van der Waals surface area contributed by atoms with Crippen molar-refractivity contribution < 1.29 is 9.53 Å². The maximum Gasteiger partial charge on any atom is 0.262 e. The van der Waals surface area contributed by atoms with Gasteiger partial charge in [0.15, 0.2) is 6.61 Å². The van der Waals surface area contributed by atoms with Crippen molar-refractivity contribution in [3.8, 4) is 5.75 Å². The van der Waals surface area contributed by atoms with E-state index in [4.69, 9.17) is 33.7 Å². The number of nitrogens with two attached hydrogens (primary N) is 1. The molecular weight excluding hydrogens is 311 g/mol. The molecule has 2 rings (SSSR count). The smallest absolute Gasteiger partial charge is 0.262 e. The van der Waals surface area contributed by atoms with Gasteiger partial charge in [-0.1, -0.05) is 35.3 Å². The lowest BCUT2D eigenvalue weighted by atomic mass is 10.1. The van der Waals surface area contributed by atoms with Gasteiger partial charge in [-0.25, -0.2) is 0 Å². The van der Waals surface area contributed by atoms with E-state index in [1.54, 1.807) is 36.4 Å². The van der Waals surface area contributed by atoms with E-state index < -0.39 is 0 Å². The van der Waals surface area contributed by atoms with Gasteiger partial charge in [-0.2, -0.15) is 0 Å². The molecule has 0 saturated heterocycles. The maximum absolute atomic E-state index is 11.9. The van der Waals surface area contributed by atoms with E-state index in [-0.39, 0.29) is 17.5 Å². The first-order chi connectivity index (χ1) is 9.99. The highest BCUT2D eigenvalue weighted by molar-refractivity contribution is 6.42. The zero-order chi connectivity index (χ0) is 15.4. The van der Waals surface area contributed by atoms with Crippen molar-refractivity contribution in [2.24, 2.45) is 0 Å². The summed E-state index contributed by atoms with van der Waals surface area (Å²) in [4.78, 5) is 11.9. The van der Waals surface area contributed by atoms with Gasteiger partial charge in [-0.15, -0.1) is 0 Å². The molecule has 6 heteroatoms. The molecule has 110 valence electrons. The predicted molar refractivity (Wildman–Crippen MR) is 86.2 cm³/mol. The number of hydrogen-bond donors (Lipinski definition) is 2. The number of ether oxygens (including phenoxy) is 1. The molecule has 2 aromatic rings. The number of rotatable bonds is 4. The molecular formula is C15H14Cl2N2O2. The molecule has 2 aromatic carbocycles. The summed E-state index contributed by atoms with van der Waals surface area (Å²) in [5, 5.41) is 3.40. The molecule has 0 aliphatic rings. The molecule has 0 fully saturated rings. The van der Waals surface area contributed by atoms with Crippen LogP contribution in [0.5, 0.6) is 5.75 Å². The van der Waals surface area contributed by atoms with Gasteiger partial charge in [0.25, 0.3) is 5.91 Å². The fourth-order valence-electron chi connectivity index (χ4n) is 1.71. The Labute approximate surface area is 132 Å². The number of amides is 1. The minimum atomic E-state index is -0.306. The van der Waals surface area contributed by atoms with Crippen LogP contribution >= 0.6 is 23.2 Å². The summed E-state index contributed by atoms with van der Waals surface area (Å²) in [5.41, 5.74) is 7.87. The Morgan fingerprint density at radius 2 is 1.95 bits per heavy atom. The predicted octanol–water partition coefficient (Wildman–Crippen LogP) is 3.90. The highest BCUT2D eigenvalue weighted by Gasteiger charge is 2.10. The van der Waals surface area contributed by atoms with Gasteiger partial charge in [0.1, 0.15) is 10.8 Å². The average molecular weight is 325 g/mol. The first-order valence-electron chi connectivity index (χ1n) is 6.21. The Morgan fingerprint density at radius 3 is 2.71 bits per heavy atom. The lowest BCUT2D eigenvalue weighted by Gasteiger charge is -2.11. The minimum absolute atomic E-state index is 0.172. The number of carbonyl (C=O) groups excluding carboxylic acids is 1. The number of carbonyl (C=O) groups is 1. The highest BCUT2D eigenvalue weighted by atomic mass is 35.5. The lowest BCUT2D eigenvalue weighted by molar-refractivity contribution is -0.118. The van der Waals surface area contributed by atoms with E-state index in [0.717, 1.165) is 5.56 Å². The number of anilines is 2. The Balaban J connectivity index is 1.99. The van der Waals surface area contributed by atoms with Crippen molar-refractivity contribution in [2.45, 2.75) is 6.92 Å². The van der Waals surface area contributed by atoms with Crippen LogP contribution in [0.3, 0.4) is 0 Å². The van der Waals surface area contributed by atoms with Crippen LogP contribution in [-0.4, -0.2) is 12.5 Å². The second-order valence-corrected chi connectivity index (χ2v) is 5.19. The summed E-state index contributed by atoms with van der Waals surface area (Å²) in [7, 11) is 0. The number of benzene rings is 2. The van der Waals surface area contributed by atoms with Gasteiger partial charge in [0.2, 0.25) is 0 Å². The van der Waals surface area contributed by atoms with Crippen molar-refractivity contribution >= 4 is 40.5 Å². The van der Waals surface area contributed by atoms with Crippen LogP contribution in [0.15, 0.2) is 36.4 Å². The zero-order valence-corrected chi connectivity index (χ0v) is 12.8.